The molecule has 1 amide bonds. The van der Waals surface area contributed by atoms with Crippen molar-refractivity contribution >= 4 is 11.6 Å². The number of carbonyl (C=O) groups is 1. The molecule has 0 bridgehead atoms. The number of hydrogen-bond donors (Lipinski definition) is 0. The Kier molecular flexibility index (Phi) is 5.47. The zero-order chi connectivity index (χ0) is 20.2. The molecule has 0 N–H and O–H groups in total. The predicted octanol–water partition coefficient (Wildman–Crippen LogP) is 5.01. The molecule has 1 aliphatic heterocycles. The second-order valence-electron chi connectivity index (χ2n) is 6.96. The lowest BCUT2D eigenvalue weighted by Crippen LogP contribution is -2.55. The highest BCUT2D eigenvalue weighted by atomic mass is 19.1. The van der Waals surface area contributed by atoms with Crippen LogP contribution in [0.3, 0.4) is 0 Å². The van der Waals surface area contributed by atoms with Crippen molar-refractivity contribution in [2.24, 2.45) is 5.92 Å². The van der Waals surface area contributed by atoms with Gasteiger partial charge in [0.2, 0.25) is 5.91 Å². The number of hydrogen-bond acceptors (Lipinski definition) is 3. The monoisotopic (exact) mass is 391 g/mol. The number of amides is 1. The second kappa shape index (κ2) is 8.35. The molecule has 4 nitrogen and oxygen atoms in total. The van der Waals surface area contributed by atoms with Gasteiger partial charge < -0.3 is 14.4 Å². The van der Waals surface area contributed by atoms with Crippen LogP contribution in [0.25, 0.3) is 0 Å². The Hall–Kier alpha value is -3.34. The van der Waals surface area contributed by atoms with Crippen LogP contribution in [0.1, 0.15) is 18.0 Å². The van der Waals surface area contributed by atoms with Crippen LogP contribution in [0.15, 0.2) is 78.9 Å². The smallest absolute Gasteiger partial charge is 0.233 e. The molecule has 0 radical (unpaired) electrons. The minimum atomic E-state index is -0.301. The van der Waals surface area contributed by atoms with Gasteiger partial charge in [-0.1, -0.05) is 30.3 Å². The molecule has 3 aromatic rings. The summed E-state index contributed by atoms with van der Waals surface area (Å²) >= 11 is 0. The molecule has 0 spiro atoms. The number of ether oxygens (including phenoxy) is 2. The largest absolute Gasteiger partial charge is 0.497 e. The fraction of sp³-hybridized carbons (Fsp3) is 0.208. The average molecular weight is 391 g/mol. The molecule has 1 fully saturated rings. The molecule has 1 aliphatic rings. The molecule has 29 heavy (non-hydrogen) atoms. The fourth-order valence-corrected chi connectivity index (χ4v) is 3.72. The van der Waals surface area contributed by atoms with Gasteiger partial charge in [-0.15, -0.1) is 0 Å². The van der Waals surface area contributed by atoms with Crippen LogP contribution in [0, 0.1) is 11.7 Å². The van der Waals surface area contributed by atoms with Crippen LogP contribution >= 0.6 is 0 Å². The van der Waals surface area contributed by atoms with Gasteiger partial charge >= 0.3 is 0 Å². The molecule has 1 saturated heterocycles. The lowest BCUT2D eigenvalue weighted by atomic mass is 9.80. The van der Waals surface area contributed by atoms with Crippen molar-refractivity contribution in [3.05, 3.63) is 90.2 Å². The maximum absolute atomic E-state index is 13.0. The zero-order valence-electron chi connectivity index (χ0n) is 16.1. The van der Waals surface area contributed by atoms with Crippen LogP contribution in [-0.4, -0.2) is 19.6 Å². The summed E-state index contributed by atoms with van der Waals surface area (Å²) < 4.78 is 24.0. The molecule has 0 saturated carbocycles. The van der Waals surface area contributed by atoms with Gasteiger partial charge in [-0.05, 0) is 60.5 Å². The van der Waals surface area contributed by atoms with E-state index in [0.717, 1.165) is 17.0 Å². The van der Waals surface area contributed by atoms with Gasteiger partial charge in [-0.25, -0.2) is 4.39 Å². The third-order valence-electron chi connectivity index (χ3n) is 5.22. The number of carbonyl (C=O) groups excluding carboxylic acids is 1. The third-order valence-corrected chi connectivity index (χ3v) is 5.22. The Morgan fingerprint density at radius 1 is 0.897 bits per heavy atom. The number of rotatable bonds is 7. The molecule has 1 heterocycles. The Morgan fingerprint density at radius 3 is 2.21 bits per heavy atom. The summed E-state index contributed by atoms with van der Waals surface area (Å²) in [4.78, 5) is 14.8. The first-order valence-electron chi connectivity index (χ1n) is 9.58. The van der Waals surface area contributed by atoms with E-state index in [1.54, 1.807) is 19.2 Å². The van der Waals surface area contributed by atoms with Crippen molar-refractivity contribution in [2.75, 3.05) is 18.6 Å². The van der Waals surface area contributed by atoms with Gasteiger partial charge in [0.05, 0.1) is 25.7 Å². The average Bonchev–Trinajstić information content (AvgIpc) is 2.77. The minimum absolute atomic E-state index is 0.0624. The van der Waals surface area contributed by atoms with Crippen molar-refractivity contribution in [1.29, 1.82) is 0 Å². The van der Waals surface area contributed by atoms with E-state index < -0.39 is 0 Å². The van der Waals surface area contributed by atoms with Gasteiger partial charge in [0.25, 0.3) is 0 Å². The highest BCUT2D eigenvalue weighted by Crippen LogP contribution is 2.45. The third kappa shape index (κ3) is 3.94. The number of anilines is 1. The van der Waals surface area contributed by atoms with E-state index in [-0.39, 0.29) is 23.7 Å². The number of methoxy groups -OCH3 is 1. The molecule has 148 valence electrons. The van der Waals surface area contributed by atoms with Gasteiger partial charge in [-0.2, -0.15) is 0 Å². The standard InChI is InChI=1S/C24H22FNO3/c1-28-20-11-7-17(8-12-20)23-22(15-16-29-21-13-9-18(25)10-14-21)24(27)26(23)19-5-3-2-4-6-19/h2-14,22-23H,15-16H2,1H3/t22-,23-/m1/s1. The summed E-state index contributed by atoms with van der Waals surface area (Å²) in [6.45, 7) is 0.386. The number of para-hydroxylation sites is 1. The van der Waals surface area contributed by atoms with Crippen LogP contribution in [-0.2, 0) is 4.79 Å². The van der Waals surface area contributed by atoms with E-state index in [0.29, 0.717) is 18.8 Å². The van der Waals surface area contributed by atoms with Gasteiger partial charge in [-0.3, -0.25) is 4.79 Å². The number of nitrogens with zero attached hydrogens (tertiary/aromatic N) is 1. The molecule has 0 aromatic heterocycles. The van der Waals surface area contributed by atoms with E-state index in [4.69, 9.17) is 9.47 Å². The summed E-state index contributed by atoms with van der Waals surface area (Å²) in [5.41, 5.74) is 1.94. The lowest BCUT2D eigenvalue weighted by Gasteiger charge is -2.47. The van der Waals surface area contributed by atoms with Crippen molar-refractivity contribution < 1.29 is 18.7 Å². The second-order valence-corrected chi connectivity index (χ2v) is 6.96. The first-order valence-corrected chi connectivity index (χ1v) is 9.58. The Balaban J connectivity index is 1.51. The SMILES string of the molecule is COc1ccc([C@@H]2[C@@H](CCOc3ccc(F)cc3)C(=O)N2c2ccccc2)cc1. The van der Waals surface area contributed by atoms with Crippen LogP contribution < -0.4 is 14.4 Å². The molecule has 5 heteroatoms. The van der Waals surface area contributed by atoms with Crippen molar-refractivity contribution in [3.8, 4) is 11.5 Å². The van der Waals surface area contributed by atoms with Crippen LogP contribution in [0.5, 0.6) is 11.5 Å². The summed E-state index contributed by atoms with van der Waals surface area (Å²) in [5, 5.41) is 0. The number of halogens is 1. The highest BCUT2D eigenvalue weighted by molar-refractivity contribution is 6.03. The van der Waals surface area contributed by atoms with E-state index >= 15 is 0 Å². The van der Waals surface area contributed by atoms with E-state index in [2.05, 4.69) is 0 Å². The van der Waals surface area contributed by atoms with E-state index in [1.165, 1.54) is 12.1 Å². The van der Waals surface area contributed by atoms with Crippen molar-refractivity contribution in [1.82, 2.24) is 0 Å². The lowest BCUT2D eigenvalue weighted by molar-refractivity contribution is -0.131. The summed E-state index contributed by atoms with van der Waals surface area (Å²) in [6.07, 6.45) is 0.580. The number of benzene rings is 3. The molecule has 2 atom stereocenters. The van der Waals surface area contributed by atoms with Gasteiger partial charge in [0.1, 0.15) is 17.3 Å². The summed E-state index contributed by atoms with van der Waals surface area (Å²) in [5.74, 6) is 0.981. The van der Waals surface area contributed by atoms with E-state index in [9.17, 15) is 9.18 Å². The predicted molar refractivity (Wildman–Crippen MR) is 110 cm³/mol. The number of β-lactam (4-membered cyclic amide) rings is 1. The van der Waals surface area contributed by atoms with Crippen LogP contribution in [0.4, 0.5) is 10.1 Å². The molecule has 3 aromatic carbocycles. The van der Waals surface area contributed by atoms with Crippen LogP contribution in [0.2, 0.25) is 0 Å². The molecular weight excluding hydrogens is 369 g/mol. The van der Waals surface area contributed by atoms with Crippen molar-refractivity contribution in [3.63, 3.8) is 0 Å². The maximum atomic E-state index is 13.0. The van der Waals surface area contributed by atoms with E-state index in [1.807, 2.05) is 59.5 Å². The molecule has 0 aliphatic carbocycles. The normalized spacial score (nSPS) is 18.3. The van der Waals surface area contributed by atoms with Crippen molar-refractivity contribution in [2.45, 2.75) is 12.5 Å². The Labute approximate surface area is 169 Å². The molecule has 4 rings (SSSR count). The molecular formula is C24H22FNO3. The topological polar surface area (TPSA) is 38.8 Å². The minimum Gasteiger partial charge on any atom is -0.497 e. The maximum Gasteiger partial charge on any atom is 0.233 e. The first kappa shape index (κ1) is 19.0. The quantitative estimate of drug-likeness (QED) is 0.532. The Bertz CT molecular complexity index is 958. The first-order chi connectivity index (χ1) is 14.2. The summed E-state index contributed by atoms with van der Waals surface area (Å²) in [6, 6.07) is 23.3. The van der Waals surface area contributed by atoms with Gasteiger partial charge in [0.15, 0.2) is 0 Å². The fourth-order valence-electron chi connectivity index (χ4n) is 3.72. The van der Waals surface area contributed by atoms with Gasteiger partial charge in [0, 0.05) is 5.69 Å². The highest BCUT2D eigenvalue weighted by Gasteiger charge is 2.48. The summed E-state index contributed by atoms with van der Waals surface area (Å²) in [7, 11) is 1.63. The molecule has 0 unspecified atom stereocenters. The Morgan fingerprint density at radius 2 is 1.55 bits per heavy atom. The zero-order valence-corrected chi connectivity index (χ0v) is 16.1.